The Morgan fingerprint density at radius 2 is 1.60 bits per heavy atom. The summed E-state index contributed by atoms with van der Waals surface area (Å²) in [5.74, 6) is 3.42. The van der Waals surface area contributed by atoms with Crippen LogP contribution in [0.3, 0.4) is 0 Å². The van der Waals surface area contributed by atoms with Crippen LogP contribution in [-0.2, 0) is 6.61 Å². The number of hydrogen-bond acceptors (Lipinski definition) is 3. The van der Waals surface area contributed by atoms with Crippen LogP contribution in [0.5, 0.6) is 5.75 Å². The Hall–Kier alpha value is -0.770. The van der Waals surface area contributed by atoms with E-state index in [9.17, 15) is 0 Å². The van der Waals surface area contributed by atoms with Crippen molar-refractivity contribution < 1.29 is 4.74 Å². The number of benzene rings is 2. The minimum absolute atomic E-state index is 0.573. The van der Waals surface area contributed by atoms with Gasteiger partial charge >= 0.3 is 0 Å². The maximum atomic E-state index is 5.86. The van der Waals surface area contributed by atoms with Gasteiger partial charge in [0.25, 0.3) is 0 Å². The summed E-state index contributed by atoms with van der Waals surface area (Å²) in [7, 11) is 0. The predicted molar refractivity (Wildman–Crippen MR) is 89.9 cm³/mol. The SMILES string of the molecule is Clc1ccc(COc2ccc(C3SCCS3)cc2)cc1. The molecule has 0 bridgehead atoms. The molecule has 0 atom stereocenters. The molecule has 0 spiro atoms. The van der Waals surface area contributed by atoms with E-state index in [0.717, 1.165) is 16.3 Å². The van der Waals surface area contributed by atoms with Gasteiger partial charge in [0.1, 0.15) is 12.4 Å². The summed E-state index contributed by atoms with van der Waals surface area (Å²) >= 11 is 9.91. The Kier molecular flexibility index (Phi) is 4.81. The fourth-order valence-electron chi connectivity index (χ4n) is 2.02. The third kappa shape index (κ3) is 3.66. The highest BCUT2D eigenvalue weighted by Gasteiger charge is 2.17. The first-order valence-corrected chi connectivity index (χ1v) is 8.99. The van der Waals surface area contributed by atoms with Gasteiger partial charge in [0, 0.05) is 16.5 Å². The molecule has 0 aromatic heterocycles. The minimum Gasteiger partial charge on any atom is -0.489 e. The predicted octanol–water partition coefficient (Wildman–Crippen LogP) is 5.40. The van der Waals surface area contributed by atoms with Crippen molar-refractivity contribution in [3.8, 4) is 5.75 Å². The molecule has 1 heterocycles. The molecule has 1 nitrogen and oxygen atoms in total. The van der Waals surface area contributed by atoms with E-state index in [0.29, 0.717) is 11.2 Å². The molecular formula is C16H15ClOS2. The normalized spacial score (nSPS) is 15.4. The molecule has 3 rings (SSSR count). The van der Waals surface area contributed by atoms with E-state index < -0.39 is 0 Å². The van der Waals surface area contributed by atoms with Crippen LogP contribution in [0.1, 0.15) is 15.7 Å². The molecule has 2 aromatic rings. The molecule has 4 heteroatoms. The van der Waals surface area contributed by atoms with Crippen LogP contribution >= 0.6 is 35.1 Å². The summed E-state index contributed by atoms with van der Waals surface area (Å²) < 4.78 is 6.39. The van der Waals surface area contributed by atoms with E-state index >= 15 is 0 Å². The van der Waals surface area contributed by atoms with Gasteiger partial charge in [-0.1, -0.05) is 35.9 Å². The minimum atomic E-state index is 0.573. The lowest BCUT2D eigenvalue weighted by Gasteiger charge is -2.10. The topological polar surface area (TPSA) is 9.23 Å². The lowest BCUT2D eigenvalue weighted by molar-refractivity contribution is 0.306. The molecule has 0 radical (unpaired) electrons. The summed E-state index contributed by atoms with van der Waals surface area (Å²) in [6.45, 7) is 0.573. The maximum absolute atomic E-state index is 5.86. The average Bonchev–Trinajstić information content (AvgIpc) is 3.01. The van der Waals surface area contributed by atoms with Crippen LogP contribution in [0.2, 0.25) is 5.02 Å². The van der Waals surface area contributed by atoms with Crippen molar-refractivity contribution >= 4 is 35.1 Å². The van der Waals surface area contributed by atoms with Crippen molar-refractivity contribution in [2.75, 3.05) is 11.5 Å². The van der Waals surface area contributed by atoms with E-state index in [2.05, 4.69) is 24.3 Å². The van der Waals surface area contributed by atoms with E-state index in [-0.39, 0.29) is 0 Å². The van der Waals surface area contributed by atoms with Crippen molar-refractivity contribution in [3.63, 3.8) is 0 Å². The van der Waals surface area contributed by atoms with Crippen molar-refractivity contribution in [2.45, 2.75) is 11.2 Å². The maximum Gasteiger partial charge on any atom is 0.119 e. The van der Waals surface area contributed by atoms with Gasteiger partial charge in [0.05, 0.1) is 4.58 Å². The first-order chi connectivity index (χ1) is 9.81. The highest BCUT2D eigenvalue weighted by atomic mass is 35.5. The molecular weight excluding hydrogens is 308 g/mol. The molecule has 2 aromatic carbocycles. The Morgan fingerprint density at radius 1 is 0.950 bits per heavy atom. The quantitative estimate of drug-likeness (QED) is 0.746. The number of rotatable bonds is 4. The van der Waals surface area contributed by atoms with Gasteiger partial charge in [-0.2, -0.15) is 0 Å². The van der Waals surface area contributed by atoms with Crippen molar-refractivity contribution in [3.05, 3.63) is 64.7 Å². The molecule has 104 valence electrons. The Bertz CT molecular complexity index is 548. The summed E-state index contributed by atoms with van der Waals surface area (Å²) in [6.07, 6.45) is 0. The molecule has 1 fully saturated rings. The van der Waals surface area contributed by atoms with Gasteiger partial charge in [-0.3, -0.25) is 0 Å². The molecule has 1 aliphatic heterocycles. The fourth-order valence-corrected chi connectivity index (χ4v) is 5.00. The highest BCUT2D eigenvalue weighted by Crippen LogP contribution is 2.45. The number of hydrogen-bond donors (Lipinski definition) is 0. The second kappa shape index (κ2) is 6.79. The van der Waals surface area contributed by atoms with Crippen LogP contribution in [0.25, 0.3) is 0 Å². The van der Waals surface area contributed by atoms with Crippen molar-refractivity contribution in [2.24, 2.45) is 0 Å². The fraction of sp³-hybridized carbons (Fsp3) is 0.250. The lowest BCUT2D eigenvalue weighted by atomic mass is 10.2. The smallest absolute Gasteiger partial charge is 0.119 e. The first-order valence-electron chi connectivity index (χ1n) is 6.52. The Labute approximate surface area is 133 Å². The van der Waals surface area contributed by atoms with Gasteiger partial charge < -0.3 is 4.74 Å². The van der Waals surface area contributed by atoms with Gasteiger partial charge in [0.2, 0.25) is 0 Å². The van der Waals surface area contributed by atoms with Gasteiger partial charge in [-0.05, 0) is 35.4 Å². The van der Waals surface area contributed by atoms with E-state index in [1.54, 1.807) is 0 Å². The highest BCUT2D eigenvalue weighted by molar-refractivity contribution is 8.19. The second-order valence-electron chi connectivity index (χ2n) is 4.56. The van der Waals surface area contributed by atoms with Crippen molar-refractivity contribution in [1.29, 1.82) is 0 Å². The standard InChI is InChI=1S/C16H15ClOS2/c17-14-5-1-12(2-6-14)11-18-15-7-3-13(4-8-15)16-19-9-10-20-16/h1-8,16H,9-11H2. The largest absolute Gasteiger partial charge is 0.489 e. The van der Waals surface area contributed by atoms with Crippen LogP contribution < -0.4 is 4.74 Å². The van der Waals surface area contributed by atoms with Crippen molar-refractivity contribution in [1.82, 2.24) is 0 Å². The van der Waals surface area contributed by atoms with E-state index in [4.69, 9.17) is 16.3 Å². The van der Waals surface area contributed by atoms with Gasteiger partial charge in [0.15, 0.2) is 0 Å². The number of thioether (sulfide) groups is 2. The summed E-state index contributed by atoms with van der Waals surface area (Å²) in [5, 5.41) is 0.754. The van der Waals surface area contributed by atoms with Gasteiger partial charge in [-0.25, -0.2) is 0 Å². The van der Waals surface area contributed by atoms with Crippen LogP contribution in [0, 0.1) is 0 Å². The Morgan fingerprint density at radius 3 is 2.25 bits per heavy atom. The number of ether oxygens (including phenoxy) is 1. The van der Waals surface area contributed by atoms with E-state index in [1.165, 1.54) is 17.1 Å². The molecule has 1 saturated heterocycles. The zero-order chi connectivity index (χ0) is 13.8. The number of halogens is 1. The van der Waals surface area contributed by atoms with Gasteiger partial charge in [-0.15, -0.1) is 23.5 Å². The summed E-state index contributed by atoms with van der Waals surface area (Å²) in [5.41, 5.74) is 2.51. The van der Waals surface area contributed by atoms with E-state index in [1.807, 2.05) is 47.8 Å². The molecule has 0 saturated carbocycles. The molecule has 1 aliphatic rings. The molecule has 20 heavy (non-hydrogen) atoms. The summed E-state index contributed by atoms with van der Waals surface area (Å²) in [6, 6.07) is 16.2. The van der Waals surface area contributed by atoms with Crippen LogP contribution in [0.4, 0.5) is 0 Å². The second-order valence-corrected chi connectivity index (χ2v) is 7.72. The Balaban J connectivity index is 1.59. The third-order valence-corrected chi connectivity index (χ3v) is 6.45. The third-order valence-electron chi connectivity index (χ3n) is 3.09. The molecule has 0 unspecified atom stereocenters. The lowest BCUT2D eigenvalue weighted by Crippen LogP contribution is -1.95. The zero-order valence-corrected chi connectivity index (χ0v) is 13.3. The average molecular weight is 323 g/mol. The monoisotopic (exact) mass is 322 g/mol. The molecule has 0 amide bonds. The zero-order valence-electron chi connectivity index (χ0n) is 10.9. The first kappa shape index (κ1) is 14.2. The summed E-state index contributed by atoms with van der Waals surface area (Å²) in [4.78, 5) is 0. The molecule has 0 aliphatic carbocycles. The molecule has 0 N–H and O–H groups in total. The van der Waals surface area contributed by atoms with Crippen LogP contribution in [0.15, 0.2) is 48.5 Å². The van der Waals surface area contributed by atoms with Crippen LogP contribution in [-0.4, -0.2) is 11.5 Å².